The van der Waals surface area contributed by atoms with E-state index in [4.69, 9.17) is 9.47 Å². The van der Waals surface area contributed by atoms with Gasteiger partial charge in [0.25, 0.3) is 0 Å². The largest absolute Gasteiger partial charge is 0.468 e. The second-order valence-corrected chi connectivity index (χ2v) is 6.85. The Hall–Kier alpha value is -2.45. The molecule has 2 aromatic rings. The third-order valence-electron chi connectivity index (χ3n) is 5.29. The fourth-order valence-corrected chi connectivity index (χ4v) is 3.96. The Morgan fingerprint density at radius 1 is 1.23 bits per heavy atom. The number of carbonyl (C=O) groups excluding carboxylic acids is 1. The summed E-state index contributed by atoms with van der Waals surface area (Å²) in [7, 11) is 1.45. The molecule has 136 valence electrons. The number of esters is 1. The van der Waals surface area contributed by atoms with Gasteiger partial charge in [0, 0.05) is 62.1 Å². The van der Waals surface area contributed by atoms with E-state index in [2.05, 4.69) is 24.8 Å². The van der Waals surface area contributed by atoms with E-state index in [1.807, 2.05) is 0 Å². The molecule has 4 heterocycles. The van der Waals surface area contributed by atoms with Crippen molar-refractivity contribution in [3.8, 4) is 11.4 Å². The maximum atomic E-state index is 12.4. The molecule has 0 saturated carbocycles. The van der Waals surface area contributed by atoms with Crippen LogP contribution in [-0.4, -0.2) is 63.7 Å². The minimum atomic E-state index is -0.224. The molecule has 2 aromatic heterocycles. The first-order valence-corrected chi connectivity index (χ1v) is 8.68. The predicted molar refractivity (Wildman–Crippen MR) is 91.8 cm³/mol. The van der Waals surface area contributed by atoms with Crippen molar-refractivity contribution in [1.29, 1.82) is 0 Å². The van der Waals surface area contributed by atoms with Crippen molar-refractivity contribution in [2.24, 2.45) is 5.41 Å². The van der Waals surface area contributed by atoms with E-state index in [0.29, 0.717) is 25.6 Å². The van der Waals surface area contributed by atoms with Crippen LogP contribution >= 0.6 is 0 Å². The molecular weight excluding hydrogens is 334 g/mol. The molecule has 26 heavy (non-hydrogen) atoms. The number of likely N-dealkylation sites (tertiary alicyclic amines) is 1. The van der Waals surface area contributed by atoms with Gasteiger partial charge in [-0.1, -0.05) is 0 Å². The van der Waals surface area contributed by atoms with Crippen LogP contribution in [0.15, 0.2) is 31.1 Å². The quantitative estimate of drug-likeness (QED) is 0.753. The lowest BCUT2D eigenvalue weighted by Crippen LogP contribution is -2.68. The maximum absolute atomic E-state index is 12.4. The standard InChI is InChI=1S/C18H21N5O3/c1-25-17(24)15-18(2-4-26-5-3-18)11-23(15)10-13-6-21-16(22-7-13)14-8-19-12-20-9-14/h6-9,12,15H,2-5,10-11H2,1H3. The van der Waals surface area contributed by atoms with Crippen LogP contribution in [-0.2, 0) is 20.8 Å². The molecule has 2 saturated heterocycles. The molecule has 8 heteroatoms. The normalized spacial score (nSPS) is 22.0. The summed E-state index contributed by atoms with van der Waals surface area (Å²) in [5.74, 6) is 0.417. The average molecular weight is 355 g/mol. The zero-order valence-electron chi connectivity index (χ0n) is 14.7. The number of aromatic nitrogens is 4. The number of methoxy groups -OCH3 is 1. The van der Waals surface area contributed by atoms with Gasteiger partial charge in [0.05, 0.1) is 12.7 Å². The van der Waals surface area contributed by atoms with Crippen LogP contribution in [0.4, 0.5) is 0 Å². The summed E-state index contributed by atoms with van der Waals surface area (Å²) >= 11 is 0. The monoisotopic (exact) mass is 355 g/mol. The van der Waals surface area contributed by atoms with Crippen LogP contribution in [0.5, 0.6) is 0 Å². The Morgan fingerprint density at radius 2 is 1.92 bits per heavy atom. The molecule has 0 N–H and O–H groups in total. The molecule has 0 radical (unpaired) electrons. The van der Waals surface area contributed by atoms with Crippen molar-refractivity contribution in [3.05, 3.63) is 36.7 Å². The lowest BCUT2D eigenvalue weighted by atomic mass is 9.66. The van der Waals surface area contributed by atoms with Crippen molar-refractivity contribution in [2.45, 2.75) is 25.4 Å². The molecular formula is C18H21N5O3. The topological polar surface area (TPSA) is 90.3 Å². The molecule has 2 fully saturated rings. The molecule has 2 aliphatic rings. The predicted octanol–water partition coefficient (Wildman–Crippen LogP) is 1.09. The van der Waals surface area contributed by atoms with Gasteiger partial charge in [-0.3, -0.25) is 9.69 Å². The minimum absolute atomic E-state index is 0.0203. The van der Waals surface area contributed by atoms with E-state index in [1.54, 1.807) is 24.8 Å². The highest BCUT2D eigenvalue weighted by atomic mass is 16.5. The van der Waals surface area contributed by atoms with Crippen molar-refractivity contribution in [3.63, 3.8) is 0 Å². The van der Waals surface area contributed by atoms with Gasteiger partial charge >= 0.3 is 5.97 Å². The first-order chi connectivity index (χ1) is 12.7. The molecule has 4 rings (SSSR count). The Bertz CT molecular complexity index is 762. The van der Waals surface area contributed by atoms with Gasteiger partial charge in [-0.15, -0.1) is 0 Å². The summed E-state index contributed by atoms with van der Waals surface area (Å²) < 4.78 is 10.5. The fraction of sp³-hybridized carbons (Fsp3) is 0.500. The second-order valence-electron chi connectivity index (χ2n) is 6.85. The Balaban J connectivity index is 1.47. The summed E-state index contributed by atoms with van der Waals surface area (Å²) in [6.45, 7) is 2.90. The number of carbonyl (C=O) groups is 1. The van der Waals surface area contributed by atoms with E-state index >= 15 is 0 Å². The number of ether oxygens (including phenoxy) is 2. The summed E-state index contributed by atoms with van der Waals surface area (Å²) in [6.07, 6.45) is 10.2. The molecule has 2 aliphatic heterocycles. The van der Waals surface area contributed by atoms with Crippen LogP contribution in [0.25, 0.3) is 11.4 Å². The van der Waals surface area contributed by atoms with Gasteiger partial charge in [0.2, 0.25) is 0 Å². The minimum Gasteiger partial charge on any atom is -0.468 e. The van der Waals surface area contributed by atoms with Gasteiger partial charge in [-0.05, 0) is 12.8 Å². The Kier molecular flexibility index (Phi) is 4.60. The summed E-state index contributed by atoms with van der Waals surface area (Å²) in [5.41, 5.74) is 1.71. The van der Waals surface area contributed by atoms with E-state index in [-0.39, 0.29) is 17.4 Å². The molecule has 0 amide bonds. The summed E-state index contributed by atoms with van der Waals surface area (Å²) in [6, 6.07) is -0.224. The Labute approximate surface area is 151 Å². The zero-order valence-corrected chi connectivity index (χ0v) is 14.7. The van der Waals surface area contributed by atoms with E-state index in [1.165, 1.54) is 13.4 Å². The molecule has 1 spiro atoms. The van der Waals surface area contributed by atoms with Gasteiger partial charge in [0.1, 0.15) is 12.4 Å². The highest BCUT2D eigenvalue weighted by molar-refractivity contribution is 5.78. The number of hydrogen-bond donors (Lipinski definition) is 0. The third-order valence-corrected chi connectivity index (χ3v) is 5.29. The summed E-state index contributed by atoms with van der Waals surface area (Å²) in [5, 5.41) is 0. The van der Waals surface area contributed by atoms with Crippen LogP contribution in [0, 0.1) is 5.41 Å². The zero-order chi connectivity index (χ0) is 18.0. The molecule has 0 bridgehead atoms. The molecule has 1 atom stereocenters. The smallest absolute Gasteiger partial charge is 0.323 e. The highest BCUT2D eigenvalue weighted by Gasteiger charge is 2.56. The van der Waals surface area contributed by atoms with Gasteiger partial charge < -0.3 is 9.47 Å². The van der Waals surface area contributed by atoms with Crippen molar-refractivity contribution >= 4 is 5.97 Å². The van der Waals surface area contributed by atoms with Gasteiger partial charge in [-0.25, -0.2) is 19.9 Å². The van der Waals surface area contributed by atoms with Crippen LogP contribution in [0.3, 0.4) is 0 Å². The maximum Gasteiger partial charge on any atom is 0.323 e. The van der Waals surface area contributed by atoms with Crippen molar-refractivity contribution < 1.29 is 14.3 Å². The first-order valence-electron chi connectivity index (χ1n) is 8.68. The van der Waals surface area contributed by atoms with Crippen molar-refractivity contribution in [2.75, 3.05) is 26.9 Å². The molecule has 8 nitrogen and oxygen atoms in total. The second kappa shape index (κ2) is 7.05. The number of rotatable bonds is 4. The first kappa shape index (κ1) is 17.0. The Morgan fingerprint density at radius 3 is 2.58 bits per heavy atom. The third kappa shape index (κ3) is 3.06. The molecule has 0 aromatic carbocycles. The van der Waals surface area contributed by atoms with E-state index in [0.717, 1.165) is 30.5 Å². The van der Waals surface area contributed by atoms with E-state index in [9.17, 15) is 4.79 Å². The lowest BCUT2D eigenvalue weighted by molar-refractivity contribution is -0.182. The number of nitrogens with zero attached hydrogens (tertiary/aromatic N) is 5. The molecule has 0 aliphatic carbocycles. The summed E-state index contributed by atoms with van der Waals surface area (Å²) in [4.78, 5) is 31.3. The van der Waals surface area contributed by atoms with Gasteiger partial charge in [-0.2, -0.15) is 0 Å². The highest BCUT2D eigenvalue weighted by Crippen LogP contribution is 2.46. The fourth-order valence-electron chi connectivity index (χ4n) is 3.96. The van der Waals surface area contributed by atoms with E-state index < -0.39 is 0 Å². The average Bonchev–Trinajstić information content (AvgIpc) is 2.69. The van der Waals surface area contributed by atoms with Gasteiger partial charge in [0.15, 0.2) is 5.82 Å². The SMILES string of the molecule is COC(=O)C1N(Cc2cnc(-c3cncnc3)nc2)CC12CCOCC2. The molecule has 1 unspecified atom stereocenters. The van der Waals surface area contributed by atoms with Crippen LogP contribution in [0.1, 0.15) is 18.4 Å². The van der Waals surface area contributed by atoms with Crippen LogP contribution < -0.4 is 0 Å². The number of hydrogen-bond acceptors (Lipinski definition) is 8. The van der Waals surface area contributed by atoms with Crippen molar-refractivity contribution in [1.82, 2.24) is 24.8 Å². The van der Waals surface area contributed by atoms with Crippen LogP contribution in [0.2, 0.25) is 0 Å². The lowest BCUT2D eigenvalue weighted by Gasteiger charge is -2.57.